The quantitative estimate of drug-likeness (QED) is 0.857. The van der Waals surface area contributed by atoms with Crippen LogP contribution in [-0.2, 0) is 25.8 Å². The predicted octanol–water partition coefficient (Wildman–Crippen LogP) is 3.15. The molecule has 27 heavy (non-hydrogen) atoms. The van der Waals surface area contributed by atoms with Crippen molar-refractivity contribution in [2.24, 2.45) is 5.92 Å². The summed E-state index contributed by atoms with van der Waals surface area (Å²) >= 11 is 0. The van der Waals surface area contributed by atoms with Crippen LogP contribution in [0.15, 0.2) is 48.5 Å². The standard InChI is InChI=1S/C23H29N3O/c1-26(11-10-17-12-18-6-2-3-7-19(18)13-17)23(27)25-16-22-14-20-8-4-5-9-21(20)15-24-22/h2-9,17,22,24H,10-16H2,1H3,(H,25,27)/t22-/m0/s1. The molecule has 2 aromatic carbocycles. The molecular weight excluding hydrogens is 334 g/mol. The van der Waals surface area contributed by atoms with Crippen LogP contribution in [0.1, 0.15) is 28.7 Å². The van der Waals surface area contributed by atoms with Crippen molar-refractivity contribution >= 4 is 6.03 Å². The van der Waals surface area contributed by atoms with Gasteiger partial charge in [0, 0.05) is 32.7 Å². The van der Waals surface area contributed by atoms with Crippen molar-refractivity contribution in [1.29, 1.82) is 0 Å². The average Bonchev–Trinajstić information content (AvgIpc) is 3.13. The molecule has 0 bridgehead atoms. The van der Waals surface area contributed by atoms with Gasteiger partial charge in [-0.1, -0.05) is 48.5 Å². The third-order valence-corrected chi connectivity index (χ3v) is 6.02. The first-order valence-corrected chi connectivity index (χ1v) is 10.0. The zero-order chi connectivity index (χ0) is 18.6. The van der Waals surface area contributed by atoms with Gasteiger partial charge in [-0.2, -0.15) is 0 Å². The summed E-state index contributed by atoms with van der Waals surface area (Å²) in [6, 6.07) is 17.6. The lowest BCUT2D eigenvalue weighted by Crippen LogP contribution is -2.47. The summed E-state index contributed by atoms with van der Waals surface area (Å²) in [6.45, 7) is 2.37. The summed E-state index contributed by atoms with van der Waals surface area (Å²) in [5.41, 5.74) is 5.73. The zero-order valence-electron chi connectivity index (χ0n) is 16.1. The van der Waals surface area contributed by atoms with E-state index in [4.69, 9.17) is 0 Å². The Hall–Kier alpha value is -2.33. The van der Waals surface area contributed by atoms with E-state index in [-0.39, 0.29) is 6.03 Å². The molecule has 4 rings (SSSR count). The Bertz CT molecular complexity index is 779. The first kappa shape index (κ1) is 18.1. The van der Waals surface area contributed by atoms with E-state index in [0.717, 1.165) is 38.8 Å². The predicted molar refractivity (Wildman–Crippen MR) is 109 cm³/mol. The molecule has 2 aliphatic rings. The highest BCUT2D eigenvalue weighted by molar-refractivity contribution is 5.73. The van der Waals surface area contributed by atoms with Gasteiger partial charge in [0.2, 0.25) is 0 Å². The maximum Gasteiger partial charge on any atom is 0.317 e. The maximum atomic E-state index is 12.4. The molecule has 0 saturated heterocycles. The molecular formula is C23H29N3O. The second kappa shape index (κ2) is 8.13. The summed E-state index contributed by atoms with van der Waals surface area (Å²) in [6.07, 6.45) is 4.34. The van der Waals surface area contributed by atoms with Gasteiger partial charge < -0.3 is 15.5 Å². The summed E-state index contributed by atoms with van der Waals surface area (Å²) in [5, 5.41) is 6.62. The van der Waals surface area contributed by atoms with Crippen LogP contribution >= 0.6 is 0 Å². The number of hydrogen-bond donors (Lipinski definition) is 2. The molecule has 0 unspecified atom stereocenters. The molecule has 0 fully saturated rings. The van der Waals surface area contributed by atoms with Crippen LogP contribution < -0.4 is 10.6 Å². The van der Waals surface area contributed by atoms with Gasteiger partial charge in [0.25, 0.3) is 0 Å². The number of rotatable bonds is 5. The molecule has 0 spiro atoms. The number of nitrogens with one attached hydrogen (secondary N) is 2. The van der Waals surface area contributed by atoms with Crippen LogP contribution in [0.2, 0.25) is 0 Å². The highest BCUT2D eigenvalue weighted by atomic mass is 16.2. The van der Waals surface area contributed by atoms with E-state index in [9.17, 15) is 4.79 Å². The molecule has 2 N–H and O–H groups in total. The van der Waals surface area contributed by atoms with Gasteiger partial charge in [-0.25, -0.2) is 4.79 Å². The molecule has 4 nitrogen and oxygen atoms in total. The summed E-state index contributed by atoms with van der Waals surface area (Å²) in [5.74, 6) is 0.661. The van der Waals surface area contributed by atoms with Crippen LogP contribution in [0.4, 0.5) is 4.79 Å². The molecule has 2 amide bonds. The number of urea groups is 1. The van der Waals surface area contributed by atoms with Crippen LogP contribution in [0.5, 0.6) is 0 Å². The fourth-order valence-corrected chi connectivity index (χ4v) is 4.34. The smallest absolute Gasteiger partial charge is 0.317 e. The van der Waals surface area contributed by atoms with Crippen LogP contribution in [-0.4, -0.2) is 37.1 Å². The Labute approximate surface area is 162 Å². The van der Waals surface area contributed by atoms with Crippen molar-refractivity contribution in [3.05, 3.63) is 70.8 Å². The number of carbonyl (C=O) groups excluding carboxylic acids is 1. The molecule has 1 heterocycles. The molecule has 142 valence electrons. The van der Waals surface area contributed by atoms with E-state index >= 15 is 0 Å². The maximum absolute atomic E-state index is 12.4. The lowest BCUT2D eigenvalue weighted by molar-refractivity contribution is 0.204. The van der Waals surface area contributed by atoms with Crippen LogP contribution in [0, 0.1) is 5.92 Å². The summed E-state index contributed by atoms with van der Waals surface area (Å²) in [7, 11) is 1.90. The van der Waals surface area contributed by atoms with Gasteiger partial charge in [-0.05, 0) is 53.9 Å². The Balaban J connectivity index is 1.19. The van der Waals surface area contributed by atoms with Crippen molar-refractivity contribution in [2.75, 3.05) is 20.1 Å². The van der Waals surface area contributed by atoms with Gasteiger partial charge in [0.1, 0.15) is 0 Å². The molecule has 1 aliphatic heterocycles. The topological polar surface area (TPSA) is 44.4 Å². The second-order valence-electron chi connectivity index (χ2n) is 7.99. The van der Waals surface area contributed by atoms with E-state index in [0.29, 0.717) is 18.5 Å². The van der Waals surface area contributed by atoms with E-state index in [1.54, 1.807) is 0 Å². The number of hydrogen-bond acceptors (Lipinski definition) is 2. The number of fused-ring (bicyclic) bond motifs is 2. The largest absolute Gasteiger partial charge is 0.336 e. The van der Waals surface area contributed by atoms with Gasteiger partial charge in [0.15, 0.2) is 0 Å². The highest BCUT2D eigenvalue weighted by Crippen LogP contribution is 2.28. The molecule has 2 aromatic rings. The Morgan fingerprint density at radius 3 is 2.26 bits per heavy atom. The molecule has 0 aromatic heterocycles. The van der Waals surface area contributed by atoms with Crippen molar-refractivity contribution in [1.82, 2.24) is 15.5 Å². The molecule has 0 radical (unpaired) electrons. The Morgan fingerprint density at radius 2 is 1.59 bits per heavy atom. The number of nitrogens with zero attached hydrogens (tertiary/aromatic N) is 1. The zero-order valence-corrected chi connectivity index (χ0v) is 16.1. The Kier molecular flexibility index (Phi) is 5.44. The summed E-state index contributed by atoms with van der Waals surface area (Å²) < 4.78 is 0. The van der Waals surface area contributed by atoms with Crippen LogP contribution in [0.25, 0.3) is 0 Å². The van der Waals surface area contributed by atoms with Crippen molar-refractivity contribution in [3.8, 4) is 0 Å². The monoisotopic (exact) mass is 363 g/mol. The fourth-order valence-electron chi connectivity index (χ4n) is 4.34. The minimum Gasteiger partial charge on any atom is -0.336 e. The minimum atomic E-state index is 0.0335. The first-order chi connectivity index (χ1) is 13.2. The van der Waals surface area contributed by atoms with Gasteiger partial charge in [-0.3, -0.25) is 0 Å². The van der Waals surface area contributed by atoms with Crippen molar-refractivity contribution < 1.29 is 4.79 Å². The number of benzene rings is 2. The molecule has 1 aliphatic carbocycles. The van der Waals surface area contributed by atoms with Gasteiger partial charge >= 0.3 is 6.03 Å². The number of amides is 2. The van der Waals surface area contributed by atoms with E-state index in [2.05, 4.69) is 59.2 Å². The van der Waals surface area contributed by atoms with Crippen molar-refractivity contribution in [3.63, 3.8) is 0 Å². The number of carbonyl (C=O) groups is 1. The normalized spacial score (nSPS) is 18.6. The van der Waals surface area contributed by atoms with E-state index in [1.165, 1.54) is 22.3 Å². The third-order valence-electron chi connectivity index (χ3n) is 6.02. The molecule has 1 atom stereocenters. The average molecular weight is 364 g/mol. The van der Waals surface area contributed by atoms with Crippen LogP contribution in [0.3, 0.4) is 0 Å². The lowest BCUT2D eigenvalue weighted by Gasteiger charge is -2.27. The molecule has 0 saturated carbocycles. The second-order valence-corrected chi connectivity index (χ2v) is 7.99. The SMILES string of the molecule is CN(CCC1Cc2ccccc2C1)C(=O)NC[C@@H]1Cc2ccccc2CN1. The summed E-state index contributed by atoms with van der Waals surface area (Å²) in [4.78, 5) is 14.3. The third kappa shape index (κ3) is 4.33. The fraction of sp³-hybridized carbons (Fsp3) is 0.435. The first-order valence-electron chi connectivity index (χ1n) is 10.0. The Morgan fingerprint density at radius 1 is 1.00 bits per heavy atom. The van der Waals surface area contributed by atoms with Gasteiger partial charge in [-0.15, -0.1) is 0 Å². The lowest BCUT2D eigenvalue weighted by atomic mass is 9.96. The van der Waals surface area contributed by atoms with Gasteiger partial charge in [0.05, 0.1) is 0 Å². The van der Waals surface area contributed by atoms with E-state index < -0.39 is 0 Å². The van der Waals surface area contributed by atoms with E-state index in [1.807, 2.05) is 11.9 Å². The highest BCUT2D eigenvalue weighted by Gasteiger charge is 2.22. The minimum absolute atomic E-state index is 0.0335. The molecule has 4 heteroatoms. The van der Waals surface area contributed by atoms with Crippen molar-refractivity contribution in [2.45, 2.75) is 38.3 Å².